The van der Waals surface area contributed by atoms with E-state index in [1.165, 1.54) is 0 Å². The Balaban J connectivity index is 1.81. The number of piperazine rings is 1. The minimum atomic E-state index is 0.170. The van der Waals surface area contributed by atoms with Crippen molar-refractivity contribution < 1.29 is 4.79 Å². The van der Waals surface area contributed by atoms with Crippen LogP contribution in [0, 0.1) is 0 Å². The minimum absolute atomic E-state index is 0.170. The van der Waals surface area contributed by atoms with Crippen LogP contribution in [-0.4, -0.2) is 55.5 Å². The summed E-state index contributed by atoms with van der Waals surface area (Å²) >= 11 is 3.41. The van der Waals surface area contributed by atoms with Crippen molar-refractivity contribution in [1.29, 1.82) is 0 Å². The predicted octanol–water partition coefficient (Wildman–Crippen LogP) is 1.63. The van der Waals surface area contributed by atoms with Gasteiger partial charge in [0.05, 0.1) is 6.54 Å². The number of carbonyl (C=O) groups excluding carboxylic acids is 1. The third-order valence-electron chi connectivity index (χ3n) is 3.12. The fourth-order valence-corrected chi connectivity index (χ4v) is 2.34. The number of carbonyl (C=O) groups is 1. The first-order valence-electron chi connectivity index (χ1n) is 6.11. The Morgan fingerprint density at radius 1 is 1.33 bits per heavy atom. The molecule has 2 rings (SSSR count). The Labute approximate surface area is 116 Å². The molecule has 1 heterocycles. The highest BCUT2D eigenvalue weighted by Crippen LogP contribution is 2.15. The molecule has 1 saturated heterocycles. The maximum Gasteiger partial charge on any atom is 0.241 e. The predicted molar refractivity (Wildman–Crippen MR) is 76.7 cm³/mol. The second-order valence-electron chi connectivity index (χ2n) is 4.55. The van der Waals surface area contributed by atoms with Gasteiger partial charge in [-0.2, -0.15) is 0 Å². The lowest BCUT2D eigenvalue weighted by Crippen LogP contribution is -2.48. The summed E-state index contributed by atoms with van der Waals surface area (Å²) in [5, 5.41) is 3.16. The van der Waals surface area contributed by atoms with Crippen molar-refractivity contribution in [3.8, 4) is 0 Å². The number of anilines is 1. The number of nitrogens with one attached hydrogen (secondary N) is 1. The summed E-state index contributed by atoms with van der Waals surface area (Å²) in [6.07, 6.45) is 0. The van der Waals surface area contributed by atoms with Crippen molar-refractivity contribution in [2.45, 2.75) is 0 Å². The van der Waals surface area contributed by atoms with E-state index in [0.29, 0.717) is 6.54 Å². The van der Waals surface area contributed by atoms with Crippen LogP contribution in [0.2, 0.25) is 0 Å². The Kier molecular flexibility index (Phi) is 4.60. The van der Waals surface area contributed by atoms with Crippen LogP contribution in [0.3, 0.4) is 0 Å². The van der Waals surface area contributed by atoms with Gasteiger partial charge >= 0.3 is 0 Å². The highest BCUT2D eigenvalue weighted by atomic mass is 79.9. The topological polar surface area (TPSA) is 35.6 Å². The average Bonchev–Trinajstić information content (AvgIpc) is 2.37. The smallest absolute Gasteiger partial charge is 0.241 e. The van der Waals surface area contributed by atoms with E-state index in [1.807, 2.05) is 29.2 Å². The van der Waals surface area contributed by atoms with Crippen molar-refractivity contribution in [3.63, 3.8) is 0 Å². The fourth-order valence-electron chi connectivity index (χ4n) is 1.94. The van der Waals surface area contributed by atoms with Crippen molar-refractivity contribution in [3.05, 3.63) is 28.7 Å². The first-order valence-corrected chi connectivity index (χ1v) is 6.90. The van der Waals surface area contributed by atoms with E-state index in [2.05, 4.69) is 33.2 Å². The van der Waals surface area contributed by atoms with Crippen LogP contribution < -0.4 is 5.32 Å². The zero-order valence-corrected chi connectivity index (χ0v) is 12.1. The van der Waals surface area contributed by atoms with Gasteiger partial charge in [-0.05, 0) is 25.2 Å². The minimum Gasteiger partial charge on any atom is -0.376 e. The molecule has 0 aliphatic carbocycles. The molecule has 4 nitrogen and oxygen atoms in total. The molecule has 5 heteroatoms. The third-order valence-corrected chi connectivity index (χ3v) is 3.62. The Morgan fingerprint density at radius 3 is 2.72 bits per heavy atom. The highest BCUT2D eigenvalue weighted by molar-refractivity contribution is 9.10. The van der Waals surface area contributed by atoms with Gasteiger partial charge in [0.25, 0.3) is 0 Å². The Hall–Kier alpha value is -1.07. The molecule has 18 heavy (non-hydrogen) atoms. The molecule has 0 unspecified atom stereocenters. The second kappa shape index (κ2) is 6.20. The SMILES string of the molecule is CN1CCN(C(=O)CNc2cccc(Br)c2)CC1. The van der Waals surface area contributed by atoms with E-state index >= 15 is 0 Å². The monoisotopic (exact) mass is 311 g/mol. The molecular weight excluding hydrogens is 294 g/mol. The summed E-state index contributed by atoms with van der Waals surface area (Å²) in [6, 6.07) is 7.85. The van der Waals surface area contributed by atoms with Gasteiger partial charge in [0.1, 0.15) is 0 Å². The molecule has 1 aliphatic heterocycles. The van der Waals surface area contributed by atoms with Crippen LogP contribution in [0.1, 0.15) is 0 Å². The van der Waals surface area contributed by atoms with Crippen LogP contribution >= 0.6 is 15.9 Å². The van der Waals surface area contributed by atoms with Gasteiger partial charge in [-0.1, -0.05) is 22.0 Å². The second-order valence-corrected chi connectivity index (χ2v) is 5.46. The van der Waals surface area contributed by atoms with Crippen LogP contribution in [0.15, 0.2) is 28.7 Å². The van der Waals surface area contributed by atoms with Crippen LogP contribution in [-0.2, 0) is 4.79 Å². The van der Waals surface area contributed by atoms with Crippen molar-refractivity contribution >= 4 is 27.5 Å². The van der Waals surface area contributed by atoms with Gasteiger partial charge in [-0.25, -0.2) is 0 Å². The molecule has 1 aromatic rings. The lowest BCUT2D eigenvalue weighted by Gasteiger charge is -2.32. The summed E-state index contributed by atoms with van der Waals surface area (Å²) < 4.78 is 1.01. The summed E-state index contributed by atoms with van der Waals surface area (Å²) in [5.74, 6) is 0.170. The van der Waals surface area contributed by atoms with Crippen LogP contribution in [0.25, 0.3) is 0 Å². The fraction of sp³-hybridized carbons (Fsp3) is 0.462. The lowest BCUT2D eigenvalue weighted by molar-refractivity contribution is -0.130. The number of benzene rings is 1. The molecule has 98 valence electrons. The largest absolute Gasteiger partial charge is 0.376 e. The van der Waals surface area contributed by atoms with E-state index in [4.69, 9.17) is 0 Å². The molecular formula is C13H18BrN3O. The van der Waals surface area contributed by atoms with Crippen molar-refractivity contribution in [2.24, 2.45) is 0 Å². The molecule has 1 N–H and O–H groups in total. The van der Waals surface area contributed by atoms with Gasteiger partial charge in [-0.15, -0.1) is 0 Å². The third kappa shape index (κ3) is 3.71. The zero-order valence-electron chi connectivity index (χ0n) is 10.5. The highest BCUT2D eigenvalue weighted by Gasteiger charge is 2.18. The van der Waals surface area contributed by atoms with Gasteiger partial charge in [0.2, 0.25) is 5.91 Å². The van der Waals surface area contributed by atoms with Gasteiger partial charge in [0, 0.05) is 36.3 Å². The number of amides is 1. The van der Waals surface area contributed by atoms with E-state index in [9.17, 15) is 4.79 Å². The van der Waals surface area contributed by atoms with Gasteiger partial charge in [-0.3, -0.25) is 4.79 Å². The Morgan fingerprint density at radius 2 is 2.06 bits per heavy atom. The maximum absolute atomic E-state index is 12.0. The van der Waals surface area contributed by atoms with Gasteiger partial charge < -0.3 is 15.1 Å². The van der Waals surface area contributed by atoms with E-state index in [-0.39, 0.29) is 5.91 Å². The molecule has 1 aromatic carbocycles. The summed E-state index contributed by atoms with van der Waals surface area (Å²) in [6.45, 7) is 3.94. The number of hydrogen-bond donors (Lipinski definition) is 1. The molecule has 0 aromatic heterocycles. The van der Waals surface area contributed by atoms with Gasteiger partial charge in [0.15, 0.2) is 0 Å². The normalized spacial score (nSPS) is 16.7. The molecule has 1 aliphatic rings. The number of hydrogen-bond acceptors (Lipinski definition) is 3. The maximum atomic E-state index is 12.0. The summed E-state index contributed by atoms with van der Waals surface area (Å²) in [4.78, 5) is 16.2. The summed E-state index contributed by atoms with van der Waals surface area (Å²) in [7, 11) is 2.08. The standard InChI is InChI=1S/C13H18BrN3O/c1-16-5-7-17(8-6-16)13(18)10-15-12-4-2-3-11(14)9-12/h2-4,9,15H,5-8,10H2,1H3. The number of likely N-dealkylation sites (N-methyl/N-ethyl adjacent to an activating group) is 1. The lowest BCUT2D eigenvalue weighted by atomic mass is 10.3. The van der Waals surface area contributed by atoms with E-state index in [0.717, 1.165) is 36.3 Å². The molecule has 1 fully saturated rings. The zero-order chi connectivity index (χ0) is 13.0. The average molecular weight is 312 g/mol. The molecule has 0 bridgehead atoms. The first kappa shape index (κ1) is 13.4. The number of halogens is 1. The molecule has 1 amide bonds. The molecule has 0 saturated carbocycles. The Bertz CT molecular complexity index is 416. The molecule has 0 radical (unpaired) electrons. The quantitative estimate of drug-likeness (QED) is 0.921. The number of rotatable bonds is 3. The van der Waals surface area contributed by atoms with Crippen LogP contribution in [0.5, 0.6) is 0 Å². The molecule has 0 atom stereocenters. The van der Waals surface area contributed by atoms with Crippen molar-refractivity contribution in [1.82, 2.24) is 9.80 Å². The summed E-state index contributed by atoms with van der Waals surface area (Å²) in [5.41, 5.74) is 0.965. The molecule has 0 spiro atoms. The van der Waals surface area contributed by atoms with E-state index < -0.39 is 0 Å². The first-order chi connectivity index (χ1) is 8.65. The van der Waals surface area contributed by atoms with Crippen molar-refractivity contribution in [2.75, 3.05) is 45.1 Å². The number of nitrogens with zero attached hydrogens (tertiary/aromatic N) is 2. The van der Waals surface area contributed by atoms with Crippen LogP contribution in [0.4, 0.5) is 5.69 Å². The van der Waals surface area contributed by atoms with E-state index in [1.54, 1.807) is 0 Å².